The van der Waals surface area contributed by atoms with Crippen molar-refractivity contribution in [2.24, 2.45) is 5.10 Å². The molecule has 0 heterocycles. The Balaban J connectivity index is 3.39. The Bertz CT molecular complexity index is 157. The van der Waals surface area contributed by atoms with Gasteiger partial charge < -0.3 is 4.74 Å². The van der Waals surface area contributed by atoms with Crippen LogP contribution in [0.2, 0.25) is 0 Å². The second kappa shape index (κ2) is 6.53. The fourth-order valence-electron chi connectivity index (χ4n) is 0.328. The number of hydrazone groups is 1. The SMILES string of the molecule is CCOC(=O)/C=N\NNC=O. The molecular formula is C5H9N3O3. The van der Waals surface area contributed by atoms with Gasteiger partial charge in [-0.25, -0.2) is 10.3 Å². The van der Waals surface area contributed by atoms with Gasteiger partial charge in [-0.2, -0.15) is 5.10 Å². The zero-order valence-corrected chi connectivity index (χ0v) is 6.03. The Morgan fingerprint density at radius 3 is 3.00 bits per heavy atom. The first kappa shape index (κ1) is 9.41. The van der Waals surface area contributed by atoms with Gasteiger partial charge in [0.25, 0.3) is 0 Å². The lowest BCUT2D eigenvalue weighted by Crippen LogP contribution is -2.25. The number of carbonyl (C=O) groups is 2. The Hall–Kier alpha value is -1.59. The molecule has 0 aliphatic heterocycles. The number of carbonyl (C=O) groups excluding carboxylic acids is 2. The van der Waals surface area contributed by atoms with Crippen LogP contribution in [0.4, 0.5) is 0 Å². The number of ether oxygens (including phenoxy) is 1. The number of nitrogens with one attached hydrogen (secondary N) is 2. The van der Waals surface area contributed by atoms with E-state index in [2.05, 4.69) is 15.4 Å². The Labute approximate surface area is 63.6 Å². The Kier molecular flexibility index (Phi) is 5.59. The summed E-state index contributed by atoms with van der Waals surface area (Å²) in [4.78, 5) is 20.1. The van der Waals surface area contributed by atoms with Crippen molar-refractivity contribution in [3.63, 3.8) is 0 Å². The summed E-state index contributed by atoms with van der Waals surface area (Å²) in [5.41, 5.74) is 4.08. The van der Waals surface area contributed by atoms with E-state index < -0.39 is 5.97 Å². The molecule has 0 aromatic heterocycles. The molecule has 6 nitrogen and oxygen atoms in total. The molecule has 62 valence electrons. The van der Waals surface area contributed by atoms with E-state index in [1.165, 1.54) is 0 Å². The van der Waals surface area contributed by atoms with Crippen LogP contribution in [0.15, 0.2) is 5.10 Å². The maximum absolute atomic E-state index is 10.5. The van der Waals surface area contributed by atoms with Gasteiger partial charge in [0.1, 0.15) is 6.21 Å². The second-order valence-corrected chi connectivity index (χ2v) is 1.38. The number of rotatable bonds is 5. The van der Waals surface area contributed by atoms with Crippen molar-refractivity contribution in [2.75, 3.05) is 6.61 Å². The van der Waals surface area contributed by atoms with Crippen LogP contribution in [-0.4, -0.2) is 25.2 Å². The molecule has 0 fully saturated rings. The van der Waals surface area contributed by atoms with Crippen LogP contribution in [-0.2, 0) is 14.3 Å². The summed E-state index contributed by atoms with van der Waals surface area (Å²) in [6, 6.07) is 0. The number of hydrazine groups is 1. The average molecular weight is 159 g/mol. The monoisotopic (exact) mass is 159 g/mol. The average Bonchev–Trinajstić information content (AvgIpc) is 1.99. The molecule has 0 unspecified atom stereocenters. The number of esters is 1. The Morgan fingerprint density at radius 2 is 2.45 bits per heavy atom. The van der Waals surface area contributed by atoms with E-state index in [0.29, 0.717) is 13.0 Å². The van der Waals surface area contributed by atoms with Crippen LogP contribution >= 0.6 is 0 Å². The van der Waals surface area contributed by atoms with Crippen LogP contribution in [0.25, 0.3) is 0 Å². The highest BCUT2D eigenvalue weighted by Crippen LogP contribution is 1.70. The van der Waals surface area contributed by atoms with Crippen molar-refractivity contribution < 1.29 is 14.3 Å². The summed E-state index contributed by atoms with van der Waals surface area (Å²) in [6.45, 7) is 1.98. The summed E-state index contributed by atoms with van der Waals surface area (Å²) in [5, 5.41) is 3.29. The molecule has 6 heteroatoms. The number of nitrogens with zero attached hydrogens (tertiary/aromatic N) is 1. The summed E-state index contributed by atoms with van der Waals surface area (Å²) >= 11 is 0. The summed E-state index contributed by atoms with van der Waals surface area (Å²) in [7, 11) is 0. The first-order valence-corrected chi connectivity index (χ1v) is 2.95. The fourth-order valence-corrected chi connectivity index (χ4v) is 0.328. The lowest BCUT2D eigenvalue weighted by molar-refractivity contribution is -0.134. The van der Waals surface area contributed by atoms with Gasteiger partial charge in [0.05, 0.1) is 6.61 Å². The largest absolute Gasteiger partial charge is 0.462 e. The number of amides is 1. The van der Waals surface area contributed by atoms with Gasteiger partial charge in [-0.15, -0.1) is 0 Å². The van der Waals surface area contributed by atoms with Crippen LogP contribution in [0.5, 0.6) is 0 Å². The van der Waals surface area contributed by atoms with E-state index in [1.807, 2.05) is 5.43 Å². The first-order chi connectivity index (χ1) is 5.31. The van der Waals surface area contributed by atoms with Gasteiger partial charge in [-0.1, -0.05) is 0 Å². The predicted molar refractivity (Wildman–Crippen MR) is 37.5 cm³/mol. The second-order valence-electron chi connectivity index (χ2n) is 1.38. The van der Waals surface area contributed by atoms with Crippen molar-refractivity contribution in [3.8, 4) is 0 Å². The third-order valence-electron chi connectivity index (χ3n) is 0.645. The van der Waals surface area contributed by atoms with Crippen molar-refractivity contribution in [2.45, 2.75) is 6.92 Å². The van der Waals surface area contributed by atoms with Crippen LogP contribution < -0.4 is 11.0 Å². The van der Waals surface area contributed by atoms with E-state index in [9.17, 15) is 9.59 Å². The topological polar surface area (TPSA) is 79.8 Å². The predicted octanol–water partition coefficient (Wildman–Crippen LogP) is -1.21. The smallest absolute Gasteiger partial charge is 0.351 e. The molecule has 0 saturated carbocycles. The van der Waals surface area contributed by atoms with E-state index in [0.717, 1.165) is 6.21 Å². The Morgan fingerprint density at radius 1 is 1.73 bits per heavy atom. The van der Waals surface area contributed by atoms with Crippen molar-refractivity contribution in [3.05, 3.63) is 0 Å². The molecule has 0 spiro atoms. The van der Waals surface area contributed by atoms with Crippen molar-refractivity contribution in [1.82, 2.24) is 11.0 Å². The highest BCUT2D eigenvalue weighted by atomic mass is 16.5. The molecule has 0 aliphatic carbocycles. The van der Waals surface area contributed by atoms with E-state index in [-0.39, 0.29) is 0 Å². The third kappa shape index (κ3) is 6.29. The molecular weight excluding hydrogens is 150 g/mol. The fraction of sp³-hybridized carbons (Fsp3) is 0.400. The van der Waals surface area contributed by atoms with Gasteiger partial charge in [-0.05, 0) is 6.92 Å². The van der Waals surface area contributed by atoms with E-state index in [1.54, 1.807) is 6.92 Å². The first-order valence-electron chi connectivity index (χ1n) is 2.95. The van der Waals surface area contributed by atoms with Crippen LogP contribution in [0.1, 0.15) is 6.92 Å². The van der Waals surface area contributed by atoms with Crippen LogP contribution in [0.3, 0.4) is 0 Å². The summed E-state index contributed by atoms with van der Waals surface area (Å²) in [5.74, 6) is -0.562. The quantitative estimate of drug-likeness (QED) is 0.173. The summed E-state index contributed by atoms with van der Waals surface area (Å²) in [6.07, 6.45) is 1.31. The zero-order chi connectivity index (χ0) is 8.53. The highest BCUT2D eigenvalue weighted by Gasteiger charge is 1.92. The molecule has 11 heavy (non-hydrogen) atoms. The van der Waals surface area contributed by atoms with Gasteiger partial charge in [0.15, 0.2) is 0 Å². The molecule has 0 rings (SSSR count). The molecule has 0 aromatic rings. The minimum absolute atomic E-state index is 0.298. The van der Waals surface area contributed by atoms with Gasteiger partial charge in [-0.3, -0.25) is 10.2 Å². The zero-order valence-electron chi connectivity index (χ0n) is 6.03. The number of hydrogen-bond donors (Lipinski definition) is 2. The molecule has 0 radical (unpaired) electrons. The molecule has 0 aliphatic rings. The molecule has 0 bridgehead atoms. The lowest BCUT2D eigenvalue weighted by Gasteiger charge is -1.94. The lowest BCUT2D eigenvalue weighted by atomic mass is 10.7. The minimum Gasteiger partial charge on any atom is -0.462 e. The summed E-state index contributed by atoms with van der Waals surface area (Å²) < 4.78 is 4.48. The molecule has 0 aromatic carbocycles. The van der Waals surface area contributed by atoms with Gasteiger partial charge >= 0.3 is 5.97 Å². The normalized spacial score (nSPS) is 9.18. The molecule has 1 amide bonds. The van der Waals surface area contributed by atoms with Gasteiger partial charge in [0.2, 0.25) is 6.41 Å². The molecule has 2 N–H and O–H groups in total. The highest BCUT2D eigenvalue weighted by molar-refractivity contribution is 6.23. The van der Waals surface area contributed by atoms with Gasteiger partial charge in [0, 0.05) is 0 Å². The standard InChI is InChI=1S/C5H9N3O3/c1-2-11-5(10)3-6-8-7-4-9/h3-4,8H,2H2,1H3,(H,7,9)/b6-3-. The maximum atomic E-state index is 10.5. The minimum atomic E-state index is -0.562. The van der Waals surface area contributed by atoms with E-state index in [4.69, 9.17) is 0 Å². The molecule has 0 saturated heterocycles. The van der Waals surface area contributed by atoms with Crippen molar-refractivity contribution in [1.29, 1.82) is 0 Å². The number of hydrogen-bond acceptors (Lipinski definition) is 5. The third-order valence-corrected chi connectivity index (χ3v) is 0.645. The van der Waals surface area contributed by atoms with E-state index >= 15 is 0 Å². The van der Waals surface area contributed by atoms with Crippen LogP contribution in [0, 0.1) is 0 Å². The molecule has 0 atom stereocenters. The van der Waals surface area contributed by atoms with Crippen molar-refractivity contribution >= 4 is 18.6 Å². The maximum Gasteiger partial charge on any atom is 0.351 e.